The van der Waals surface area contributed by atoms with Gasteiger partial charge >= 0.3 is 48.3 Å². The highest BCUT2D eigenvalue weighted by Crippen LogP contribution is 2.19. The highest BCUT2D eigenvalue weighted by Gasteiger charge is 2.44. The predicted octanol–water partition coefficient (Wildman–Crippen LogP) is -2.61. The number of nitrogens with one attached hydrogen (secondary N) is 15. The molecule has 1 saturated heterocycles. The Balaban J connectivity index is 2.94. The number of carbonyl (C=O) groups excluding carboxylic acids is 15. The van der Waals surface area contributed by atoms with Crippen molar-refractivity contribution in [1.29, 1.82) is 0 Å². The summed E-state index contributed by atoms with van der Waals surface area (Å²) in [6, 6.07) is -13.8. The molecule has 1 fully saturated rings. The van der Waals surface area contributed by atoms with Gasteiger partial charge in [-0.05, 0) is 76.7 Å². The van der Waals surface area contributed by atoms with Gasteiger partial charge in [-0.25, -0.2) is 0 Å². The van der Waals surface area contributed by atoms with Crippen LogP contribution in [0, 0.1) is 5.92 Å². The van der Waals surface area contributed by atoms with E-state index in [1.165, 1.54) is 65.4 Å². The van der Waals surface area contributed by atoms with E-state index in [0.29, 0.717) is 6.42 Å². The second-order valence-electron chi connectivity index (χ2n) is 25.4. The fraction of sp³-hybridized carbons (Fsp3) is 0.667. The van der Waals surface area contributed by atoms with Crippen LogP contribution >= 0.6 is 0 Å². The SMILES string of the molecule is CCCCCCCC(=O)NCC[C@H](N)C(=O)N[C@H](C(=O)N[C@@H](CCNC(=O)C(F)(F)F)C(=O)NCC[C@@H]1NC(=O)[C@H]([C@@H](C)O)NC(=O)[C@H](CCNC(=O)C(F)(F)F)NC(=O)[C@H](CCNC(=O)C(F)(F)F)NC(=O)[C@H](CC(C)C)NC(=O)[C@@H](Cc2ccccc2)NC(=O)[C@H](CCNC(=O)C(F)(F)F)NC1=O)[C@@H](C)O. The normalized spacial score (nSPS) is 20.4. The van der Waals surface area contributed by atoms with E-state index in [2.05, 4.69) is 42.5 Å². The molecule has 12 atom stereocenters. The Bertz CT molecular complexity index is 3220. The van der Waals surface area contributed by atoms with E-state index in [-0.39, 0.29) is 30.9 Å². The number of carbonyl (C=O) groups is 15. The smallest absolute Gasteiger partial charge is 0.391 e. The van der Waals surface area contributed by atoms with Gasteiger partial charge in [0.25, 0.3) is 0 Å². The van der Waals surface area contributed by atoms with E-state index in [0.717, 1.165) is 39.5 Å². The Kier molecular flexibility index (Phi) is 39.5. The molecule has 1 aromatic carbocycles. The topological polar surface area (TPSA) is 503 Å². The largest absolute Gasteiger partial charge is 0.471 e. The van der Waals surface area contributed by atoms with Gasteiger partial charge in [0.1, 0.15) is 54.4 Å². The van der Waals surface area contributed by atoms with E-state index in [4.69, 9.17) is 5.73 Å². The second-order valence-corrected chi connectivity index (χ2v) is 25.4. The first-order chi connectivity index (χ1) is 50.2. The summed E-state index contributed by atoms with van der Waals surface area (Å²) in [6.45, 7) is 0.973. The molecule has 45 heteroatoms. The maximum atomic E-state index is 14.8. The summed E-state index contributed by atoms with van der Waals surface area (Å²) in [4.78, 5) is 203. The van der Waals surface area contributed by atoms with Crippen molar-refractivity contribution in [3.63, 3.8) is 0 Å². The highest BCUT2D eigenvalue weighted by atomic mass is 19.4. The Morgan fingerprint density at radius 1 is 0.444 bits per heavy atom. The molecule has 19 N–H and O–H groups in total. The molecule has 33 nitrogen and oxygen atoms in total. The van der Waals surface area contributed by atoms with Crippen LogP contribution < -0.4 is 85.5 Å². The maximum Gasteiger partial charge on any atom is 0.471 e. The highest BCUT2D eigenvalue weighted by molar-refractivity contribution is 5.99. The molecule has 108 heavy (non-hydrogen) atoms. The average Bonchev–Trinajstić information content (AvgIpc) is 1.06. The van der Waals surface area contributed by atoms with Gasteiger partial charge in [-0.1, -0.05) is 76.8 Å². The fourth-order valence-corrected chi connectivity index (χ4v) is 9.97. The number of alkyl halides is 12. The third-order valence-corrected chi connectivity index (χ3v) is 15.8. The Morgan fingerprint density at radius 3 is 1.25 bits per heavy atom. The van der Waals surface area contributed by atoms with Gasteiger partial charge in [-0.3, -0.25) is 71.9 Å². The van der Waals surface area contributed by atoms with Crippen molar-refractivity contribution in [3.05, 3.63) is 35.9 Å². The molecule has 2 rings (SSSR count). The first kappa shape index (κ1) is 94.4. The quantitative estimate of drug-likeness (QED) is 0.0245. The van der Waals surface area contributed by atoms with E-state index in [1.54, 1.807) is 0 Å². The van der Waals surface area contributed by atoms with E-state index < -0.39 is 264 Å². The van der Waals surface area contributed by atoms with E-state index >= 15 is 0 Å². The van der Waals surface area contributed by atoms with Crippen LogP contribution in [0.4, 0.5) is 52.7 Å². The Morgan fingerprint density at radius 2 is 0.824 bits per heavy atom. The van der Waals surface area contributed by atoms with Crippen LogP contribution in [-0.2, 0) is 78.3 Å². The Labute approximate surface area is 610 Å². The lowest BCUT2D eigenvalue weighted by molar-refractivity contribution is -0.173. The summed E-state index contributed by atoms with van der Waals surface area (Å²) in [5.74, 6) is -26.1. The number of benzene rings is 1. The van der Waals surface area contributed by atoms with Crippen molar-refractivity contribution in [2.45, 2.75) is 222 Å². The monoisotopic (exact) mass is 1570 g/mol. The van der Waals surface area contributed by atoms with Crippen molar-refractivity contribution in [2.75, 3.05) is 39.3 Å². The number of aliphatic hydroxyl groups is 2. The molecule has 1 heterocycles. The summed E-state index contributed by atoms with van der Waals surface area (Å²) < 4.78 is 161. The van der Waals surface area contributed by atoms with Gasteiger partial charge in [-0.2, -0.15) is 52.7 Å². The number of unbranched alkanes of at least 4 members (excludes halogenated alkanes) is 4. The van der Waals surface area contributed by atoms with Gasteiger partial charge in [0.2, 0.25) is 65.0 Å². The van der Waals surface area contributed by atoms with Crippen LogP contribution in [0.1, 0.15) is 124 Å². The maximum absolute atomic E-state index is 14.8. The average molecular weight is 1570 g/mol. The van der Waals surface area contributed by atoms with Crippen LogP contribution in [0.5, 0.6) is 0 Å². The number of rotatable bonds is 35. The minimum absolute atomic E-state index is 0.136. The molecular formula is C63H92F12N16O17. The predicted molar refractivity (Wildman–Crippen MR) is 352 cm³/mol. The summed E-state index contributed by atoms with van der Waals surface area (Å²) in [5, 5.41) is 51.2. The summed E-state index contributed by atoms with van der Waals surface area (Å²) in [7, 11) is 0. The number of hydrogen-bond donors (Lipinski definition) is 18. The number of nitrogens with two attached hydrogens (primary N) is 1. The van der Waals surface area contributed by atoms with Gasteiger partial charge in [0.15, 0.2) is 0 Å². The first-order valence-corrected chi connectivity index (χ1v) is 34.0. The molecule has 15 amide bonds. The summed E-state index contributed by atoms with van der Waals surface area (Å²) in [5.41, 5.74) is 6.22. The molecule has 1 aliphatic rings. The zero-order valence-corrected chi connectivity index (χ0v) is 59.2. The van der Waals surface area contributed by atoms with Crippen LogP contribution in [-0.4, -0.2) is 235 Å². The zero-order valence-electron chi connectivity index (χ0n) is 59.2. The van der Waals surface area contributed by atoms with Crippen LogP contribution in [0.2, 0.25) is 0 Å². The molecule has 1 aliphatic heterocycles. The molecular weight excluding hydrogens is 1480 g/mol. The first-order valence-electron chi connectivity index (χ1n) is 34.0. The second kappa shape index (κ2) is 45.2. The third-order valence-electron chi connectivity index (χ3n) is 15.8. The van der Waals surface area contributed by atoms with Crippen molar-refractivity contribution < 1.29 is 135 Å². The standard InChI is InChI=1S/C63H92F12N16O17/c1-6-7-8-9-13-16-43(94)77-23-17-35(76)46(95)90-44(32(4)92)54(103)86-36(19-25-79-56(105)60(64,65)66)47(96)78-24-18-39-49(98)83-38(21-27-81-58(107)62(70,71)72)50(99)89-42(30-34-14-11-10-12-15-34)53(102)88-41(29-31(2)3)52(101)85-37(20-26-80-57(106)61(67,68)69)48(97)84-40(22-28-82-59(108)63(73,74)75)51(100)91-45(33(5)93)55(104)87-39/h10-12,14-15,31-33,35-42,44-45,92-93H,6-9,13,16-30,76H2,1-5H3,(H,77,94)(H,78,96)(H,79,105)(H,80,106)(H,81,107)(H,82,108)(H,83,98)(H,84,97)(H,85,101)(H,86,103)(H,87,104)(H,88,102)(H,89,99)(H,90,95)(H,91,100)/t32-,33-,35+,36+,37+,38+,39+,40+,41+,42-,44+,45+/m1/s1. The summed E-state index contributed by atoms with van der Waals surface area (Å²) in [6.07, 6.45) is -28.4. The number of amides is 15. The van der Waals surface area contributed by atoms with Gasteiger partial charge in [0, 0.05) is 52.1 Å². The van der Waals surface area contributed by atoms with Crippen LogP contribution in [0.25, 0.3) is 0 Å². The van der Waals surface area contributed by atoms with Crippen LogP contribution in [0.15, 0.2) is 30.3 Å². The molecule has 0 spiro atoms. The Hall–Kier alpha value is -9.69. The molecule has 0 radical (unpaired) electrons. The summed E-state index contributed by atoms with van der Waals surface area (Å²) >= 11 is 0. The molecule has 0 unspecified atom stereocenters. The molecule has 0 aliphatic carbocycles. The molecule has 0 saturated carbocycles. The van der Waals surface area contributed by atoms with Gasteiger partial charge in [-0.15, -0.1) is 0 Å². The lowest BCUT2D eigenvalue weighted by Gasteiger charge is -2.29. The molecule has 0 bridgehead atoms. The zero-order chi connectivity index (χ0) is 82.0. The lowest BCUT2D eigenvalue weighted by atomic mass is 10.00. The number of hydrogen-bond acceptors (Lipinski definition) is 18. The minimum atomic E-state index is -5.58. The molecule has 1 aromatic rings. The van der Waals surface area contributed by atoms with Crippen molar-refractivity contribution in [2.24, 2.45) is 11.7 Å². The lowest BCUT2D eigenvalue weighted by Crippen LogP contribution is -2.62. The van der Waals surface area contributed by atoms with E-state index in [1.807, 2.05) is 22.9 Å². The van der Waals surface area contributed by atoms with Crippen LogP contribution in [0.3, 0.4) is 0 Å². The minimum Gasteiger partial charge on any atom is -0.391 e. The molecule has 0 aromatic heterocycles. The van der Waals surface area contributed by atoms with Crippen molar-refractivity contribution in [3.8, 4) is 0 Å². The van der Waals surface area contributed by atoms with E-state index in [9.17, 15) is 135 Å². The van der Waals surface area contributed by atoms with Crippen molar-refractivity contribution in [1.82, 2.24) is 79.8 Å². The fourth-order valence-electron chi connectivity index (χ4n) is 9.97. The number of aliphatic hydroxyl groups excluding tert-OH is 2. The molecule has 610 valence electrons. The third kappa shape index (κ3) is 35.4. The number of halogens is 12. The van der Waals surface area contributed by atoms with Gasteiger partial charge < -0.3 is 95.7 Å². The van der Waals surface area contributed by atoms with Gasteiger partial charge in [0.05, 0.1) is 18.2 Å². The van der Waals surface area contributed by atoms with Crippen molar-refractivity contribution >= 4 is 88.6 Å².